The van der Waals surface area contributed by atoms with E-state index in [2.05, 4.69) is 22.3 Å². The zero-order valence-electron chi connectivity index (χ0n) is 16.1. The minimum Gasteiger partial charge on any atom is -0.381 e. The molecule has 0 bridgehead atoms. The fourth-order valence-electron chi connectivity index (χ4n) is 4.12. The van der Waals surface area contributed by atoms with E-state index in [4.69, 9.17) is 4.74 Å². The third kappa shape index (κ3) is 4.56. The van der Waals surface area contributed by atoms with E-state index in [1.54, 1.807) is 12.1 Å². The number of halogens is 1. The molecular weight excluding hydrogens is 329 g/mol. The molecule has 26 heavy (non-hydrogen) atoms. The Morgan fingerprint density at radius 1 is 1.27 bits per heavy atom. The number of hydrogen-bond donors (Lipinski definition) is 1. The number of nitrogens with zero attached hydrogens (tertiary/aromatic N) is 2. The quantitative estimate of drug-likeness (QED) is 0.622. The van der Waals surface area contributed by atoms with Crippen molar-refractivity contribution in [2.75, 3.05) is 40.4 Å². The standard InChI is InChI=1S/C21H32FN3O/c1-23-20(25(2)13-8-17-9-14-26-15-10-17)24-16-21(11-3-12-21)18-4-6-19(22)7-5-18/h4-7,17H,3,8-16H2,1-2H3,(H,23,24). The van der Waals surface area contributed by atoms with E-state index in [1.165, 1.54) is 31.2 Å². The summed E-state index contributed by atoms with van der Waals surface area (Å²) in [6.45, 7) is 3.67. The minimum atomic E-state index is -0.167. The lowest BCUT2D eigenvalue weighted by atomic mass is 9.64. The van der Waals surface area contributed by atoms with Gasteiger partial charge in [0.15, 0.2) is 5.96 Å². The molecule has 0 spiro atoms. The highest BCUT2D eigenvalue weighted by atomic mass is 19.1. The van der Waals surface area contributed by atoms with Crippen molar-refractivity contribution in [1.82, 2.24) is 10.2 Å². The molecule has 0 aromatic heterocycles. The highest BCUT2D eigenvalue weighted by Crippen LogP contribution is 2.43. The Kier molecular flexibility index (Phi) is 6.52. The van der Waals surface area contributed by atoms with Gasteiger partial charge in [-0.25, -0.2) is 4.39 Å². The van der Waals surface area contributed by atoms with Crippen LogP contribution in [-0.2, 0) is 10.2 Å². The fourth-order valence-corrected chi connectivity index (χ4v) is 4.12. The largest absolute Gasteiger partial charge is 0.381 e. The second-order valence-electron chi connectivity index (χ2n) is 7.81. The molecule has 1 saturated heterocycles. The van der Waals surface area contributed by atoms with Crippen LogP contribution in [0.4, 0.5) is 4.39 Å². The third-order valence-electron chi connectivity index (χ3n) is 6.14. The molecule has 0 amide bonds. The van der Waals surface area contributed by atoms with Crippen LogP contribution in [0.25, 0.3) is 0 Å². The first-order valence-electron chi connectivity index (χ1n) is 9.88. The van der Waals surface area contributed by atoms with Gasteiger partial charge >= 0.3 is 0 Å². The zero-order valence-corrected chi connectivity index (χ0v) is 16.1. The van der Waals surface area contributed by atoms with Gasteiger partial charge in [-0.05, 0) is 55.7 Å². The second kappa shape index (κ2) is 8.85. The summed E-state index contributed by atoms with van der Waals surface area (Å²) in [5, 5.41) is 3.57. The first kappa shape index (κ1) is 19.2. The van der Waals surface area contributed by atoms with Crippen molar-refractivity contribution in [2.45, 2.75) is 43.9 Å². The van der Waals surface area contributed by atoms with Gasteiger partial charge in [-0.3, -0.25) is 4.99 Å². The number of aliphatic imine (C=N–C) groups is 1. The van der Waals surface area contributed by atoms with Crippen LogP contribution in [0.2, 0.25) is 0 Å². The van der Waals surface area contributed by atoms with Gasteiger partial charge < -0.3 is 15.0 Å². The van der Waals surface area contributed by atoms with Crippen molar-refractivity contribution in [2.24, 2.45) is 10.9 Å². The van der Waals surface area contributed by atoms with Crippen molar-refractivity contribution in [1.29, 1.82) is 0 Å². The second-order valence-corrected chi connectivity index (χ2v) is 7.81. The van der Waals surface area contributed by atoms with Crippen molar-refractivity contribution in [3.8, 4) is 0 Å². The number of guanidine groups is 1. The summed E-state index contributed by atoms with van der Waals surface area (Å²) in [7, 11) is 3.96. The van der Waals surface area contributed by atoms with Gasteiger partial charge in [0.1, 0.15) is 5.82 Å². The molecule has 1 saturated carbocycles. The monoisotopic (exact) mass is 361 g/mol. The fraction of sp³-hybridized carbons (Fsp3) is 0.667. The van der Waals surface area contributed by atoms with Crippen LogP contribution in [0, 0.1) is 11.7 Å². The smallest absolute Gasteiger partial charge is 0.193 e. The summed E-state index contributed by atoms with van der Waals surface area (Å²) < 4.78 is 18.7. The Balaban J connectivity index is 1.53. The predicted octanol–water partition coefficient (Wildman–Crippen LogP) is 3.57. The van der Waals surface area contributed by atoms with E-state index < -0.39 is 0 Å². The van der Waals surface area contributed by atoms with E-state index in [1.807, 2.05) is 19.2 Å². The first-order valence-corrected chi connectivity index (χ1v) is 9.88. The van der Waals surface area contributed by atoms with Gasteiger partial charge in [-0.2, -0.15) is 0 Å². The number of ether oxygens (including phenoxy) is 1. The van der Waals surface area contributed by atoms with Crippen molar-refractivity contribution < 1.29 is 9.13 Å². The summed E-state index contributed by atoms with van der Waals surface area (Å²) in [6.07, 6.45) is 7.06. The van der Waals surface area contributed by atoms with Crippen LogP contribution in [0.1, 0.15) is 44.1 Å². The number of hydrogen-bond acceptors (Lipinski definition) is 2. The van der Waals surface area contributed by atoms with Crippen LogP contribution in [0.15, 0.2) is 29.3 Å². The molecule has 2 aliphatic rings. The highest BCUT2D eigenvalue weighted by Gasteiger charge is 2.38. The van der Waals surface area contributed by atoms with E-state index in [0.29, 0.717) is 0 Å². The number of benzene rings is 1. The molecule has 1 N–H and O–H groups in total. The van der Waals surface area contributed by atoms with Gasteiger partial charge in [-0.15, -0.1) is 0 Å². The van der Waals surface area contributed by atoms with Crippen LogP contribution < -0.4 is 5.32 Å². The Bertz CT molecular complexity index is 592. The number of rotatable bonds is 6. The van der Waals surface area contributed by atoms with Gasteiger partial charge in [0.2, 0.25) is 0 Å². The molecule has 1 aromatic rings. The highest BCUT2D eigenvalue weighted by molar-refractivity contribution is 5.79. The SMILES string of the molecule is CN=C(NCC1(c2ccc(F)cc2)CCC1)N(C)CCC1CCOCC1. The van der Waals surface area contributed by atoms with Crippen molar-refractivity contribution in [3.05, 3.63) is 35.6 Å². The summed E-state index contributed by atoms with van der Waals surface area (Å²) in [5.74, 6) is 1.55. The van der Waals surface area contributed by atoms with Crippen LogP contribution in [0.3, 0.4) is 0 Å². The molecule has 0 radical (unpaired) electrons. The van der Waals surface area contributed by atoms with Crippen LogP contribution >= 0.6 is 0 Å². The molecule has 144 valence electrons. The molecule has 0 unspecified atom stereocenters. The molecule has 5 heteroatoms. The van der Waals surface area contributed by atoms with Crippen LogP contribution in [0.5, 0.6) is 0 Å². The lowest BCUT2D eigenvalue weighted by Gasteiger charge is -2.43. The van der Waals surface area contributed by atoms with Crippen molar-refractivity contribution in [3.63, 3.8) is 0 Å². The number of nitrogens with one attached hydrogen (secondary N) is 1. The average molecular weight is 362 g/mol. The van der Waals surface area contributed by atoms with Gasteiger partial charge in [0, 0.05) is 45.8 Å². The van der Waals surface area contributed by atoms with Crippen LogP contribution in [-0.4, -0.2) is 51.3 Å². The van der Waals surface area contributed by atoms with E-state index >= 15 is 0 Å². The lowest BCUT2D eigenvalue weighted by Crippen LogP contribution is -2.49. The molecular formula is C21H32FN3O. The molecule has 1 heterocycles. The molecule has 1 aliphatic heterocycles. The van der Waals surface area contributed by atoms with E-state index in [9.17, 15) is 4.39 Å². The molecule has 4 nitrogen and oxygen atoms in total. The molecule has 0 atom stereocenters. The van der Waals surface area contributed by atoms with E-state index in [-0.39, 0.29) is 11.2 Å². The van der Waals surface area contributed by atoms with E-state index in [0.717, 1.165) is 51.0 Å². The topological polar surface area (TPSA) is 36.9 Å². The Hall–Kier alpha value is -1.62. The lowest BCUT2D eigenvalue weighted by molar-refractivity contribution is 0.0625. The maximum absolute atomic E-state index is 13.3. The summed E-state index contributed by atoms with van der Waals surface area (Å²) >= 11 is 0. The van der Waals surface area contributed by atoms with Gasteiger partial charge in [0.25, 0.3) is 0 Å². The van der Waals surface area contributed by atoms with Crippen molar-refractivity contribution >= 4 is 5.96 Å². The van der Waals surface area contributed by atoms with Gasteiger partial charge in [0.05, 0.1) is 0 Å². The first-order chi connectivity index (χ1) is 12.6. The Labute approximate surface area is 156 Å². The Morgan fingerprint density at radius 3 is 2.54 bits per heavy atom. The van der Waals surface area contributed by atoms with Gasteiger partial charge in [-0.1, -0.05) is 18.6 Å². The predicted molar refractivity (Wildman–Crippen MR) is 104 cm³/mol. The zero-order chi connectivity index (χ0) is 18.4. The maximum Gasteiger partial charge on any atom is 0.193 e. The Morgan fingerprint density at radius 2 is 1.96 bits per heavy atom. The average Bonchev–Trinajstić information content (AvgIpc) is 2.64. The maximum atomic E-state index is 13.3. The summed E-state index contributed by atoms with van der Waals surface area (Å²) in [4.78, 5) is 6.70. The normalized spacial score (nSPS) is 20.5. The molecule has 1 aromatic carbocycles. The summed E-state index contributed by atoms with van der Waals surface area (Å²) in [5.41, 5.74) is 1.35. The minimum absolute atomic E-state index is 0.116. The molecule has 2 fully saturated rings. The summed E-state index contributed by atoms with van der Waals surface area (Å²) in [6, 6.07) is 7.02. The third-order valence-corrected chi connectivity index (χ3v) is 6.14. The molecule has 3 rings (SSSR count). The molecule has 1 aliphatic carbocycles.